The van der Waals surface area contributed by atoms with Crippen LogP contribution in [0.2, 0.25) is 0 Å². The van der Waals surface area contributed by atoms with E-state index < -0.39 is 5.97 Å². The maximum absolute atomic E-state index is 12.8. The lowest BCUT2D eigenvalue weighted by Gasteiger charge is -2.52. The number of rotatable bonds is 3. The van der Waals surface area contributed by atoms with E-state index in [9.17, 15) is 9.59 Å². The maximum Gasteiger partial charge on any atom is 0.338 e. The second-order valence-corrected chi connectivity index (χ2v) is 8.49. The molecule has 2 heterocycles. The Morgan fingerprint density at radius 2 is 2.16 bits per heavy atom. The molecule has 3 fully saturated rings. The Hall–Kier alpha value is -1.89. The lowest BCUT2D eigenvalue weighted by molar-refractivity contribution is -0.218. The van der Waals surface area contributed by atoms with Gasteiger partial charge in [-0.05, 0) is 51.4 Å². The van der Waals surface area contributed by atoms with E-state index in [1.807, 2.05) is 4.90 Å². The van der Waals surface area contributed by atoms with Crippen molar-refractivity contribution in [3.05, 3.63) is 18.0 Å². The number of aromatic nitrogens is 2. The predicted molar refractivity (Wildman–Crippen MR) is 89.1 cm³/mol. The van der Waals surface area contributed by atoms with Crippen LogP contribution in [0.4, 0.5) is 0 Å². The molecule has 0 radical (unpaired) electrons. The highest BCUT2D eigenvalue weighted by Gasteiger charge is 2.57. The van der Waals surface area contributed by atoms with Crippen molar-refractivity contribution in [2.75, 3.05) is 13.1 Å². The molecule has 0 aromatic carbocycles. The average molecular weight is 347 g/mol. The molecule has 1 spiro atoms. The number of aromatic carboxylic acids is 1. The summed E-state index contributed by atoms with van der Waals surface area (Å²) in [5.74, 6) is 0.224. The zero-order valence-corrected chi connectivity index (χ0v) is 14.8. The highest BCUT2D eigenvalue weighted by atomic mass is 16.5. The van der Waals surface area contributed by atoms with Gasteiger partial charge in [0.1, 0.15) is 6.54 Å². The average Bonchev–Trinajstić information content (AvgIpc) is 3.20. The summed E-state index contributed by atoms with van der Waals surface area (Å²) in [6.45, 7) is 5.36. The van der Waals surface area contributed by atoms with Crippen LogP contribution in [0.15, 0.2) is 12.4 Å². The largest absolute Gasteiger partial charge is 0.478 e. The maximum atomic E-state index is 12.8. The number of hydrogen-bond acceptors (Lipinski definition) is 4. The molecule has 2 aliphatic carbocycles. The first kappa shape index (κ1) is 16.6. The van der Waals surface area contributed by atoms with Gasteiger partial charge in [0, 0.05) is 12.7 Å². The molecule has 1 N–H and O–H groups in total. The molecule has 3 atom stereocenters. The van der Waals surface area contributed by atoms with Gasteiger partial charge in [-0.1, -0.05) is 0 Å². The first-order chi connectivity index (χ1) is 11.8. The second-order valence-electron chi connectivity index (χ2n) is 8.49. The third kappa shape index (κ3) is 2.94. The second kappa shape index (κ2) is 5.56. The summed E-state index contributed by atoms with van der Waals surface area (Å²) in [7, 11) is 0. The molecule has 2 saturated carbocycles. The van der Waals surface area contributed by atoms with E-state index in [1.54, 1.807) is 0 Å². The minimum absolute atomic E-state index is 0.0291. The number of hydrogen-bond donors (Lipinski definition) is 1. The molecule has 2 bridgehead atoms. The smallest absolute Gasteiger partial charge is 0.338 e. The van der Waals surface area contributed by atoms with Crippen molar-refractivity contribution in [1.82, 2.24) is 14.7 Å². The number of carboxylic acids is 1. The minimum Gasteiger partial charge on any atom is -0.478 e. The normalized spacial score (nSPS) is 33.1. The Kier molecular flexibility index (Phi) is 3.68. The van der Waals surface area contributed by atoms with E-state index in [0.29, 0.717) is 19.0 Å². The molecule has 3 aliphatic rings. The van der Waals surface area contributed by atoms with Gasteiger partial charge < -0.3 is 14.7 Å². The Balaban J connectivity index is 1.50. The molecule has 1 amide bonds. The molecule has 1 saturated heterocycles. The van der Waals surface area contributed by atoms with Gasteiger partial charge in [0.05, 0.1) is 29.5 Å². The number of nitrogens with zero attached hydrogens (tertiary/aromatic N) is 3. The van der Waals surface area contributed by atoms with E-state index in [1.165, 1.54) is 36.3 Å². The molecule has 25 heavy (non-hydrogen) atoms. The molecule has 7 heteroatoms. The van der Waals surface area contributed by atoms with Crippen LogP contribution < -0.4 is 0 Å². The third-order valence-electron chi connectivity index (χ3n) is 5.96. The highest BCUT2D eigenvalue weighted by molar-refractivity contribution is 5.87. The molecule has 1 aliphatic heterocycles. The van der Waals surface area contributed by atoms with Crippen molar-refractivity contribution in [2.24, 2.45) is 11.8 Å². The van der Waals surface area contributed by atoms with E-state index in [2.05, 4.69) is 18.9 Å². The van der Waals surface area contributed by atoms with Gasteiger partial charge in [-0.15, -0.1) is 0 Å². The van der Waals surface area contributed by atoms with Crippen LogP contribution in [0, 0.1) is 11.8 Å². The van der Waals surface area contributed by atoms with Crippen molar-refractivity contribution in [3.63, 3.8) is 0 Å². The van der Waals surface area contributed by atoms with Crippen LogP contribution >= 0.6 is 0 Å². The van der Waals surface area contributed by atoms with Gasteiger partial charge in [-0.3, -0.25) is 9.48 Å². The number of morpholine rings is 1. The van der Waals surface area contributed by atoms with Crippen LogP contribution in [-0.2, 0) is 16.1 Å². The molecule has 0 unspecified atom stereocenters. The Morgan fingerprint density at radius 1 is 1.36 bits per heavy atom. The molecular weight excluding hydrogens is 322 g/mol. The first-order valence-electron chi connectivity index (χ1n) is 9.00. The third-order valence-corrected chi connectivity index (χ3v) is 5.96. The van der Waals surface area contributed by atoms with Gasteiger partial charge in [0.25, 0.3) is 0 Å². The van der Waals surface area contributed by atoms with Crippen LogP contribution in [0.5, 0.6) is 0 Å². The van der Waals surface area contributed by atoms with Crippen molar-refractivity contribution >= 4 is 11.9 Å². The molecule has 4 rings (SSSR count). The van der Waals surface area contributed by atoms with Crippen LogP contribution in [0.25, 0.3) is 0 Å². The lowest BCUT2D eigenvalue weighted by atomic mass is 9.81. The molecule has 1 aromatic heterocycles. The Labute approximate surface area is 146 Å². The quantitative estimate of drug-likeness (QED) is 0.901. The Morgan fingerprint density at radius 3 is 2.76 bits per heavy atom. The van der Waals surface area contributed by atoms with E-state index in [0.717, 1.165) is 12.3 Å². The summed E-state index contributed by atoms with van der Waals surface area (Å²) >= 11 is 0. The first-order valence-corrected chi connectivity index (χ1v) is 9.00. The van der Waals surface area contributed by atoms with Crippen molar-refractivity contribution < 1.29 is 19.4 Å². The Bertz CT molecular complexity index is 713. The monoisotopic (exact) mass is 347 g/mol. The van der Waals surface area contributed by atoms with Crippen LogP contribution in [0.3, 0.4) is 0 Å². The van der Waals surface area contributed by atoms with Crippen LogP contribution in [0.1, 0.15) is 49.9 Å². The fraction of sp³-hybridized carbons (Fsp3) is 0.722. The zero-order chi connectivity index (χ0) is 17.8. The molecule has 1 aromatic rings. The summed E-state index contributed by atoms with van der Waals surface area (Å²) in [6, 6.07) is 0. The standard InChI is InChI=1S/C18H25N3O4/c1-17(2)10-20(11-18(25-17)6-12-3-4-14(18)5-12)15(22)9-21-8-13(7-19-21)16(23)24/h7-8,12,14H,3-6,9-11H2,1-2H3,(H,23,24)/t12-,14+,18+/m1/s1. The van der Waals surface area contributed by atoms with Gasteiger partial charge in [-0.2, -0.15) is 5.10 Å². The molecule has 7 nitrogen and oxygen atoms in total. The summed E-state index contributed by atoms with van der Waals surface area (Å²) in [5, 5.41) is 13.0. The van der Waals surface area contributed by atoms with E-state index in [4.69, 9.17) is 9.84 Å². The van der Waals surface area contributed by atoms with E-state index in [-0.39, 0.29) is 29.2 Å². The number of carbonyl (C=O) groups is 2. The van der Waals surface area contributed by atoms with E-state index >= 15 is 0 Å². The zero-order valence-electron chi connectivity index (χ0n) is 14.8. The summed E-state index contributed by atoms with van der Waals surface area (Å²) in [6.07, 6.45) is 7.43. The number of ether oxygens (including phenoxy) is 1. The minimum atomic E-state index is -1.04. The number of fused-ring (bicyclic) bond motifs is 3. The molecular formula is C18H25N3O4. The number of carboxylic acid groups (broad SMARTS) is 1. The van der Waals surface area contributed by atoms with Gasteiger partial charge in [-0.25, -0.2) is 4.79 Å². The summed E-state index contributed by atoms with van der Waals surface area (Å²) < 4.78 is 7.93. The van der Waals surface area contributed by atoms with Crippen molar-refractivity contribution in [3.8, 4) is 0 Å². The van der Waals surface area contributed by atoms with Crippen molar-refractivity contribution in [1.29, 1.82) is 0 Å². The summed E-state index contributed by atoms with van der Waals surface area (Å²) in [5.41, 5.74) is -0.467. The fourth-order valence-electron chi connectivity index (χ4n) is 5.14. The SMILES string of the molecule is CC1(C)CN(C(=O)Cn2cc(C(=O)O)cn2)C[C@]2(C[C@@H]3CC[C@H]2C3)O1. The van der Waals surface area contributed by atoms with Gasteiger partial charge in [0.2, 0.25) is 5.91 Å². The topological polar surface area (TPSA) is 84.7 Å². The highest BCUT2D eigenvalue weighted by Crippen LogP contribution is 2.55. The lowest BCUT2D eigenvalue weighted by Crippen LogP contribution is -2.63. The van der Waals surface area contributed by atoms with Gasteiger partial charge >= 0.3 is 5.97 Å². The summed E-state index contributed by atoms with van der Waals surface area (Å²) in [4.78, 5) is 25.7. The molecule has 136 valence electrons. The van der Waals surface area contributed by atoms with Crippen molar-refractivity contribution in [2.45, 2.75) is 57.3 Å². The number of amides is 1. The number of carbonyl (C=O) groups excluding carboxylic acids is 1. The fourth-order valence-corrected chi connectivity index (χ4v) is 5.14. The van der Waals surface area contributed by atoms with Gasteiger partial charge in [0.15, 0.2) is 0 Å². The van der Waals surface area contributed by atoms with Crippen LogP contribution in [-0.4, -0.2) is 56.0 Å². The predicted octanol–water partition coefficient (Wildman–Crippen LogP) is 1.78.